The zero-order valence-electron chi connectivity index (χ0n) is 15.1. The molecular formula is C21H17N5O2. The van der Waals surface area contributed by atoms with Gasteiger partial charge in [0, 0.05) is 18.0 Å². The van der Waals surface area contributed by atoms with Crippen molar-refractivity contribution >= 4 is 27.8 Å². The van der Waals surface area contributed by atoms with E-state index in [1.807, 2.05) is 36.4 Å². The van der Waals surface area contributed by atoms with Crippen LogP contribution in [0.2, 0.25) is 0 Å². The molecule has 0 radical (unpaired) electrons. The maximum Gasteiger partial charge on any atom is 0.152 e. The Labute approximate surface area is 160 Å². The van der Waals surface area contributed by atoms with Gasteiger partial charge in [-0.1, -0.05) is 12.1 Å². The molecule has 0 atom stereocenters. The van der Waals surface area contributed by atoms with Gasteiger partial charge in [0.15, 0.2) is 5.82 Å². The lowest BCUT2D eigenvalue weighted by Crippen LogP contribution is -2.16. The normalized spacial score (nSPS) is 13.4. The van der Waals surface area contributed by atoms with E-state index in [1.54, 1.807) is 6.07 Å². The van der Waals surface area contributed by atoms with Crippen LogP contribution in [0.4, 0.5) is 5.82 Å². The molecule has 0 spiro atoms. The molecular weight excluding hydrogens is 354 g/mol. The number of nitrogens with zero attached hydrogens (tertiary/aromatic N) is 4. The van der Waals surface area contributed by atoms with Crippen LogP contribution in [0, 0.1) is 11.3 Å². The maximum atomic E-state index is 9.02. The van der Waals surface area contributed by atoms with Gasteiger partial charge in [-0.25, -0.2) is 9.97 Å². The number of pyridine rings is 1. The molecule has 3 heterocycles. The third kappa shape index (κ3) is 2.71. The minimum atomic E-state index is 0.373. The van der Waals surface area contributed by atoms with Crippen molar-refractivity contribution in [1.82, 2.24) is 14.5 Å². The molecule has 2 aromatic heterocycles. The van der Waals surface area contributed by atoms with Crippen molar-refractivity contribution in [3.63, 3.8) is 0 Å². The van der Waals surface area contributed by atoms with Gasteiger partial charge in [0.25, 0.3) is 0 Å². The molecule has 28 heavy (non-hydrogen) atoms. The first kappa shape index (κ1) is 16.5. The molecule has 2 N–H and O–H groups in total. The minimum Gasteiger partial charge on any atom is -0.489 e. The van der Waals surface area contributed by atoms with E-state index in [0.29, 0.717) is 37.0 Å². The van der Waals surface area contributed by atoms with E-state index in [2.05, 4.69) is 20.6 Å². The van der Waals surface area contributed by atoms with Crippen molar-refractivity contribution < 1.29 is 9.47 Å². The molecule has 0 amide bonds. The van der Waals surface area contributed by atoms with Crippen molar-refractivity contribution in [2.75, 3.05) is 12.3 Å². The van der Waals surface area contributed by atoms with Crippen molar-refractivity contribution in [3.05, 3.63) is 59.4 Å². The van der Waals surface area contributed by atoms with E-state index in [0.717, 1.165) is 39.9 Å². The summed E-state index contributed by atoms with van der Waals surface area (Å²) in [5, 5.41) is 10.0. The predicted molar refractivity (Wildman–Crippen MR) is 105 cm³/mol. The molecule has 138 valence electrons. The van der Waals surface area contributed by atoms with Gasteiger partial charge >= 0.3 is 0 Å². The second-order valence-electron chi connectivity index (χ2n) is 6.71. The highest BCUT2D eigenvalue weighted by atomic mass is 16.5. The average Bonchev–Trinajstić information content (AvgIpc) is 3.13. The third-order valence-electron chi connectivity index (χ3n) is 4.91. The van der Waals surface area contributed by atoms with E-state index in [-0.39, 0.29) is 0 Å². The van der Waals surface area contributed by atoms with E-state index in [9.17, 15) is 0 Å². The number of nitrogen functional groups attached to an aromatic ring is 1. The number of benzene rings is 2. The lowest BCUT2D eigenvalue weighted by atomic mass is 10.1. The van der Waals surface area contributed by atoms with Crippen LogP contribution in [0.5, 0.6) is 5.75 Å². The van der Waals surface area contributed by atoms with Crippen molar-refractivity contribution in [3.8, 4) is 11.8 Å². The number of ether oxygens (including phenoxy) is 2. The number of anilines is 1. The molecule has 7 nitrogen and oxygen atoms in total. The molecule has 0 saturated heterocycles. The van der Waals surface area contributed by atoms with Gasteiger partial charge in [0.2, 0.25) is 0 Å². The SMILES string of the molecule is N#Cc1cccc(COc2ccc3c(c2)nc(N)c2nc4n(c23)CCOC4)c1. The Morgan fingerprint density at radius 2 is 2.14 bits per heavy atom. The molecule has 5 rings (SSSR count). The van der Waals surface area contributed by atoms with Crippen molar-refractivity contribution in [1.29, 1.82) is 5.26 Å². The quantitative estimate of drug-likeness (QED) is 0.594. The summed E-state index contributed by atoms with van der Waals surface area (Å²) >= 11 is 0. The Morgan fingerprint density at radius 1 is 1.21 bits per heavy atom. The summed E-state index contributed by atoms with van der Waals surface area (Å²) in [6.07, 6.45) is 0. The number of nitriles is 1. The Balaban J connectivity index is 1.52. The largest absolute Gasteiger partial charge is 0.489 e. The summed E-state index contributed by atoms with van der Waals surface area (Å²) in [4.78, 5) is 9.14. The Bertz CT molecular complexity index is 1260. The standard InChI is InChI=1S/C21H17N5O2/c22-10-13-2-1-3-14(8-13)11-28-15-4-5-16-17(9-15)24-21(23)19-20(16)26-6-7-27-12-18(26)25-19/h1-5,8-9H,6-7,11-12H2,(H2,23,24). The van der Waals surface area contributed by atoms with Crippen LogP contribution in [-0.2, 0) is 24.5 Å². The third-order valence-corrected chi connectivity index (χ3v) is 4.91. The highest BCUT2D eigenvalue weighted by Gasteiger charge is 2.20. The van der Waals surface area contributed by atoms with E-state index in [1.165, 1.54) is 0 Å². The van der Waals surface area contributed by atoms with E-state index < -0.39 is 0 Å². The molecule has 1 aliphatic rings. The Hall–Kier alpha value is -3.63. The maximum absolute atomic E-state index is 9.02. The highest BCUT2D eigenvalue weighted by Crippen LogP contribution is 2.32. The van der Waals surface area contributed by atoms with Crippen LogP contribution >= 0.6 is 0 Å². The summed E-state index contributed by atoms with van der Waals surface area (Å²) < 4.78 is 13.6. The summed E-state index contributed by atoms with van der Waals surface area (Å²) in [6.45, 7) is 2.26. The van der Waals surface area contributed by atoms with Crippen LogP contribution in [0.15, 0.2) is 42.5 Å². The molecule has 0 fully saturated rings. The Morgan fingerprint density at radius 3 is 3.04 bits per heavy atom. The van der Waals surface area contributed by atoms with E-state index in [4.69, 9.17) is 20.5 Å². The number of hydrogen-bond donors (Lipinski definition) is 1. The first-order valence-electron chi connectivity index (χ1n) is 9.01. The fourth-order valence-corrected chi connectivity index (χ4v) is 3.60. The fraction of sp³-hybridized carbons (Fsp3) is 0.190. The van der Waals surface area contributed by atoms with E-state index >= 15 is 0 Å². The number of nitrogens with two attached hydrogens (primary N) is 1. The number of hydrogen-bond acceptors (Lipinski definition) is 6. The van der Waals surface area contributed by atoms with Gasteiger partial charge in [-0.05, 0) is 29.8 Å². The average molecular weight is 371 g/mol. The topological polar surface area (TPSA) is 99.0 Å². The van der Waals surface area contributed by atoms with Crippen molar-refractivity contribution in [2.24, 2.45) is 0 Å². The Kier molecular flexibility index (Phi) is 3.85. The fourth-order valence-electron chi connectivity index (χ4n) is 3.60. The highest BCUT2D eigenvalue weighted by molar-refractivity contribution is 6.06. The molecule has 7 heteroatoms. The molecule has 1 aliphatic heterocycles. The van der Waals surface area contributed by atoms with Gasteiger partial charge in [0.05, 0.1) is 29.3 Å². The van der Waals surface area contributed by atoms with Gasteiger partial charge in [-0.2, -0.15) is 5.26 Å². The smallest absolute Gasteiger partial charge is 0.152 e. The lowest BCUT2D eigenvalue weighted by molar-refractivity contribution is 0.0831. The second-order valence-corrected chi connectivity index (χ2v) is 6.71. The van der Waals surface area contributed by atoms with Crippen LogP contribution in [0.3, 0.4) is 0 Å². The van der Waals surface area contributed by atoms with Crippen molar-refractivity contribution in [2.45, 2.75) is 19.8 Å². The van der Waals surface area contributed by atoms with Gasteiger partial charge in [-0.15, -0.1) is 0 Å². The minimum absolute atomic E-state index is 0.373. The van der Waals surface area contributed by atoms with Crippen LogP contribution in [0.25, 0.3) is 21.9 Å². The van der Waals surface area contributed by atoms with Gasteiger partial charge in [-0.3, -0.25) is 0 Å². The summed E-state index contributed by atoms with van der Waals surface area (Å²) in [7, 11) is 0. The predicted octanol–water partition coefficient (Wildman–Crippen LogP) is 3.15. The summed E-state index contributed by atoms with van der Waals surface area (Å²) in [5.74, 6) is 1.98. The van der Waals surface area contributed by atoms with Gasteiger partial charge < -0.3 is 19.8 Å². The summed E-state index contributed by atoms with van der Waals surface area (Å²) in [6, 6.07) is 15.3. The molecule has 2 aromatic carbocycles. The molecule has 0 saturated carbocycles. The summed E-state index contributed by atoms with van der Waals surface area (Å²) in [5.41, 5.74) is 10.2. The molecule has 0 aliphatic carbocycles. The molecule has 4 aromatic rings. The van der Waals surface area contributed by atoms with Gasteiger partial charge in [0.1, 0.15) is 30.3 Å². The zero-order valence-corrected chi connectivity index (χ0v) is 15.1. The number of aromatic nitrogens is 3. The van der Waals surface area contributed by atoms with Crippen LogP contribution in [-0.4, -0.2) is 21.1 Å². The first-order valence-corrected chi connectivity index (χ1v) is 9.01. The van der Waals surface area contributed by atoms with Crippen LogP contribution in [0.1, 0.15) is 17.0 Å². The number of imidazole rings is 1. The first-order chi connectivity index (χ1) is 13.7. The zero-order chi connectivity index (χ0) is 19.1. The van der Waals surface area contributed by atoms with Crippen LogP contribution < -0.4 is 10.5 Å². The molecule has 0 bridgehead atoms. The lowest BCUT2D eigenvalue weighted by Gasteiger charge is -2.15. The monoisotopic (exact) mass is 371 g/mol. The number of rotatable bonds is 3. The number of fused-ring (bicyclic) bond motifs is 5. The second kappa shape index (κ2) is 6.51. The molecule has 0 unspecified atom stereocenters.